The molecule has 1 amide bonds. The van der Waals surface area contributed by atoms with Crippen molar-refractivity contribution in [1.82, 2.24) is 4.98 Å². The number of carbonyl (C=O) groups excluding carboxylic acids is 2. The molecule has 5 nitrogen and oxygen atoms in total. The molecule has 0 unspecified atom stereocenters. The maximum Gasteiger partial charge on any atom is 0.337 e. The molecule has 0 aliphatic carbocycles. The van der Waals surface area contributed by atoms with Crippen LogP contribution in [0.25, 0.3) is 10.2 Å². The molecule has 0 saturated heterocycles. The van der Waals surface area contributed by atoms with E-state index in [1.807, 2.05) is 24.3 Å². The zero-order chi connectivity index (χ0) is 17.6. The van der Waals surface area contributed by atoms with Crippen LogP contribution in [0.15, 0.2) is 52.9 Å². The average molecular weight is 372 g/mol. The van der Waals surface area contributed by atoms with E-state index in [1.54, 1.807) is 47.4 Å². The molecule has 0 fully saturated rings. The molecule has 0 saturated carbocycles. The summed E-state index contributed by atoms with van der Waals surface area (Å²) < 4.78 is 6.76. The van der Waals surface area contributed by atoms with E-state index in [2.05, 4.69) is 15.0 Å². The van der Waals surface area contributed by atoms with Gasteiger partial charge in [0.25, 0.3) is 0 Å². The first-order valence-electron chi connectivity index (χ1n) is 7.62. The second-order valence-electron chi connectivity index (χ2n) is 5.16. The van der Waals surface area contributed by atoms with Crippen molar-refractivity contribution in [1.29, 1.82) is 0 Å². The Morgan fingerprint density at radius 1 is 1.16 bits per heavy atom. The van der Waals surface area contributed by atoms with Gasteiger partial charge in [-0.15, -0.1) is 11.3 Å². The Hall–Kier alpha value is -2.38. The summed E-state index contributed by atoms with van der Waals surface area (Å²) in [5.41, 5.74) is 2.10. The van der Waals surface area contributed by atoms with E-state index >= 15 is 0 Å². The molecule has 0 bridgehead atoms. The molecule has 2 aromatic carbocycles. The molecule has 0 atom stereocenters. The van der Waals surface area contributed by atoms with Gasteiger partial charge < -0.3 is 10.1 Å². The lowest BCUT2D eigenvalue weighted by Crippen LogP contribution is -2.12. The fourth-order valence-corrected chi connectivity index (χ4v) is 4.25. The summed E-state index contributed by atoms with van der Waals surface area (Å²) in [5.74, 6) is 0.191. The van der Waals surface area contributed by atoms with Crippen molar-refractivity contribution in [3.8, 4) is 0 Å². The first-order chi connectivity index (χ1) is 12.2. The first-order valence-corrected chi connectivity index (χ1v) is 9.42. The number of methoxy groups -OCH3 is 1. The molecule has 1 aromatic heterocycles. The van der Waals surface area contributed by atoms with Gasteiger partial charge in [-0.05, 0) is 36.4 Å². The number of para-hydroxylation sites is 1. The predicted molar refractivity (Wildman–Crippen MR) is 101 cm³/mol. The molecule has 0 aliphatic rings. The standard InChI is InChI=1S/C18H16N2O3S2/c1-23-17(22)12-6-8-13(9-7-12)19-16(21)10-11-24-18-20-14-4-2-3-5-15(14)25-18/h2-9H,10-11H2,1H3,(H,19,21). The number of rotatable bonds is 6. The van der Waals surface area contributed by atoms with Crippen LogP contribution in [0.1, 0.15) is 16.8 Å². The van der Waals surface area contributed by atoms with Gasteiger partial charge in [0.05, 0.1) is 22.9 Å². The van der Waals surface area contributed by atoms with Crippen molar-refractivity contribution in [2.45, 2.75) is 10.8 Å². The molecule has 3 aromatic rings. The topological polar surface area (TPSA) is 68.3 Å². The lowest BCUT2D eigenvalue weighted by molar-refractivity contribution is -0.115. The van der Waals surface area contributed by atoms with E-state index in [1.165, 1.54) is 7.11 Å². The molecule has 1 heterocycles. The van der Waals surface area contributed by atoms with Crippen LogP contribution >= 0.6 is 23.1 Å². The number of thiazole rings is 1. The Kier molecular flexibility index (Phi) is 5.67. The van der Waals surface area contributed by atoms with Crippen LogP contribution in [-0.2, 0) is 9.53 Å². The third-order valence-corrected chi connectivity index (χ3v) is 5.60. The number of esters is 1. The second-order valence-corrected chi connectivity index (χ2v) is 7.54. The Morgan fingerprint density at radius 2 is 1.92 bits per heavy atom. The summed E-state index contributed by atoms with van der Waals surface area (Å²) in [7, 11) is 1.33. The van der Waals surface area contributed by atoms with Crippen molar-refractivity contribution in [2.24, 2.45) is 0 Å². The highest BCUT2D eigenvalue weighted by Crippen LogP contribution is 2.29. The van der Waals surface area contributed by atoms with Gasteiger partial charge in [0.15, 0.2) is 4.34 Å². The number of nitrogens with one attached hydrogen (secondary N) is 1. The summed E-state index contributed by atoms with van der Waals surface area (Å²) >= 11 is 3.22. The summed E-state index contributed by atoms with van der Waals surface area (Å²) in [4.78, 5) is 27.9. The van der Waals surface area contributed by atoms with E-state index in [9.17, 15) is 9.59 Å². The van der Waals surface area contributed by atoms with Crippen molar-refractivity contribution >= 4 is 50.9 Å². The summed E-state index contributed by atoms with van der Waals surface area (Å²) in [6.45, 7) is 0. The van der Waals surface area contributed by atoms with Crippen molar-refractivity contribution in [2.75, 3.05) is 18.2 Å². The number of anilines is 1. The monoisotopic (exact) mass is 372 g/mol. The van der Waals surface area contributed by atoms with Crippen LogP contribution in [0.2, 0.25) is 0 Å². The molecule has 0 spiro atoms. The number of hydrogen-bond donors (Lipinski definition) is 1. The van der Waals surface area contributed by atoms with E-state index in [0.29, 0.717) is 23.4 Å². The summed E-state index contributed by atoms with van der Waals surface area (Å²) in [5, 5.41) is 2.82. The fraction of sp³-hybridized carbons (Fsp3) is 0.167. The van der Waals surface area contributed by atoms with E-state index in [-0.39, 0.29) is 5.91 Å². The Balaban J connectivity index is 1.48. The van der Waals surface area contributed by atoms with E-state index in [4.69, 9.17) is 0 Å². The Labute approximate surface area is 153 Å². The molecule has 1 N–H and O–H groups in total. The van der Waals surface area contributed by atoms with Crippen molar-refractivity contribution in [3.63, 3.8) is 0 Å². The lowest BCUT2D eigenvalue weighted by Gasteiger charge is -2.05. The number of carbonyl (C=O) groups is 2. The second kappa shape index (κ2) is 8.13. The van der Waals surface area contributed by atoms with Gasteiger partial charge in [-0.3, -0.25) is 4.79 Å². The fourth-order valence-electron chi connectivity index (χ4n) is 2.17. The minimum absolute atomic E-state index is 0.0700. The molecule has 25 heavy (non-hydrogen) atoms. The number of thioether (sulfide) groups is 1. The van der Waals surface area contributed by atoms with Gasteiger partial charge in [0.1, 0.15) is 0 Å². The highest BCUT2D eigenvalue weighted by molar-refractivity contribution is 8.01. The normalized spacial score (nSPS) is 10.6. The van der Waals surface area contributed by atoms with Gasteiger partial charge in [0.2, 0.25) is 5.91 Å². The van der Waals surface area contributed by atoms with Gasteiger partial charge in [-0.2, -0.15) is 0 Å². The number of ether oxygens (including phenoxy) is 1. The van der Waals surface area contributed by atoms with E-state index < -0.39 is 5.97 Å². The minimum atomic E-state index is -0.398. The Bertz CT molecular complexity index is 858. The minimum Gasteiger partial charge on any atom is -0.465 e. The first kappa shape index (κ1) is 17.4. The number of fused-ring (bicyclic) bond motifs is 1. The van der Waals surface area contributed by atoms with Gasteiger partial charge >= 0.3 is 5.97 Å². The average Bonchev–Trinajstić information content (AvgIpc) is 3.04. The summed E-state index contributed by atoms with van der Waals surface area (Å²) in [6, 6.07) is 14.6. The van der Waals surface area contributed by atoms with Gasteiger partial charge in [-0.25, -0.2) is 9.78 Å². The molecule has 3 rings (SSSR count). The lowest BCUT2D eigenvalue weighted by atomic mass is 10.2. The highest BCUT2D eigenvalue weighted by atomic mass is 32.2. The van der Waals surface area contributed by atoms with E-state index in [0.717, 1.165) is 14.6 Å². The SMILES string of the molecule is COC(=O)c1ccc(NC(=O)CCSc2nc3ccccc3s2)cc1. The quantitative estimate of drug-likeness (QED) is 0.519. The zero-order valence-electron chi connectivity index (χ0n) is 13.5. The van der Waals surface area contributed by atoms with Crippen LogP contribution in [0.3, 0.4) is 0 Å². The highest BCUT2D eigenvalue weighted by Gasteiger charge is 2.08. The van der Waals surface area contributed by atoms with Crippen molar-refractivity contribution < 1.29 is 14.3 Å². The van der Waals surface area contributed by atoms with Gasteiger partial charge in [0, 0.05) is 17.9 Å². The number of aromatic nitrogens is 1. The molecule has 7 heteroatoms. The van der Waals surface area contributed by atoms with Crippen LogP contribution in [-0.4, -0.2) is 29.7 Å². The van der Waals surface area contributed by atoms with Crippen LogP contribution < -0.4 is 5.32 Å². The number of benzene rings is 2. The number of nitrogens with zero attached hydrogens (tertiary/aromatic N) is 1. The maximum absolute atomic E-state index is 12.0. The third-order valence-electron chi connectivity index (χ3n) is 3.42. The molecule has 128 valence electrons. The molecule has 0 radical (unpaired) electrons. The van der Waals surface area contributed by atoms with Crippen LogP contribution in [0, 0.1) is 0 Å². The maximum atomic E-state index is 12.0. The zero-order valence-corrected chi connectivity index (χ0v) is 15.2. The summed E-state index contributed by atoms with van der Waals surface area (Å²) in [6.07, 6.45) is 0.388. The van der Waals surface area contributed by atoms with Crippen LogP contribution in [0.4, 0.5) is 5.69 Å². The molecular weight excluding hydrogens is 356 g/mol. The largest absolute Gasteiger partial charge is 0.465 e. The number of amides is 1. The van der Waals surface area contributed by atoms with Gasteiger partial charge in [-0.1, -0.05) is 23.9 Å². The third kappa shape index (κ3) is 4.58. The van der Waals surface area contributed by atoms with Crippen LogP contribution in [0.5, 0.6) is 0 Å². The molecular formula is C18H16N2O3S2. The number of hydrogen-bond acceptors (Lipinski definition) is 6. The van der Waals surface area contributed by atoms with Crippen molar-refractivity contribution in [3.05, 3.63) is 54.1 Å². The Morgan fingerprint density at radius 3 is 2.64 bits per heavy atom. The predicted octanol–water partition coefficient (Wildman–Crippen LogP) is 4.20. The molecule has 0 aliphatic heterocycles. The smallest absolute Gasteiger partial charge is 0.337 e.